The van der Waals surface area contributed by atoms with E-state index in [1.807, 2.05) is 13.0 Å². The van der Waals surface area contributed by atoms with Gasteiger partial charge in [-0.2, -0.15) is 0 Å². The second-order valence-corrected chi connectivity index (χ2v) is 5.82. The predicted molar refractivity (Wildman–Crippen MR) is 88.7 cm³/mol. The fraction of sp³-hybridized carbons (Fsp3) is 0.667. The van der Waals surface area contributed by atoms with Crippen LogP contribution in [0.15, 0.2) is 18.2 Å². The first-order valence-corrected chi connectivity index (χ1v) is 8.47. The summed E-state index contributed by atoms with van der Waals surface area (Å²) in [6, 6.07) is 6.19. The normalized spacial score (nSPS) is 19.1. The molecule has 0 radical (unpaired) electrons. The van der Waals surface area contributed by atoms with Gasteiger partial charge in [0.05, 0.1) is 18.8 Å². The summed E-state index contributed by atoms with van der Waals surface area (Å²) in [6.45, 7) is 9.47. The van der Waals surface area contributed by atoms with E-state index in [1.165, 1.54) is 18.4 Å². The molecule has 1 aromatic rings. The minimum Gasteiger partial charge on any atom is -0.490 e. The summed E-state index contributed by atoms with van der Waals surface area (Å²) in [6.07, 6.45) is 3.90. The predicted octanol–water partition coefficient (Wildman–Crippen LogP) is 3.53. The van der Waals surface area contributed by atoms with E-state index in [9.17, 15) is 0 Å². The van der Waals surface area contributed by atoms with Crippen LogP contribution < -0.4 is 14.8 Å². The van der Waals surface area contributed by atoms with E-state index in [4.69, 9.17) is 14.2 Å². The largest absolute Gasteiger partial charge is 0.490 e. The lowest BCUT2D eigenvalue weighted by Gasteiger charge is -2.17. The Labute approximate surface area is 134 Å². The molecule has 1 N–H and O–H groups in total. The minimum absolute atomic E-state index is 0.197. The van der Waals surface area contributed by atoms with Gasteiger partial charge in [0.1, 0.15) is 0 Å². The fourth-order valence-corrected chi connectivity index (χ4v) is 2.51. The third-order valence-electron chi connectivity index (χ3n) is 3.94. The van der Waals surface area contributed by atoms with Crippen molar-refractivity contribution in [3.8, 4) is 11.5 Å². The number of hydrogen-bond acceptors (Lipinski definition) is 4. The molecule has 1 aliphatic rings. The van der Waals surface area contributed by atoms with Gasteiger partial charge in [0.2, 0.25) is 0 Å². The van der Waals surface area contributed by atoms with Crippen LogP contribution in [0.4, 0.5) is 0 Å². The molecule has 1 fully saturated rings. The van der Waals surface area contributed by atoms with Crippen LogP contribution in [0, 0.1) is 0 Å². The van der Waals surface area contributed by atoms with Crippen LogP contribution in [0.5, 0.6) is 11.5 Å². The van der Waals surface area contributed by atoms with E-state index in [-0.39, 0.29) is 6.10 Å². The standard InChI is InChI=1S/C18H29NO3/c1-4-14(3)22-17-9-8-15(11-18(17)20-5-2)12-19-13-16-7-6-10-21-16/h8-9,11,14,16,19H,4-7,10,12-13H2,1-3H3/t14-,16+/m0/s1. The summed E-state index contributed by atoms with van der Waals surface area (Å²) in [4.78, 5) is 0. The minimum atomic E-state index is 0.197. The van der Waals surface area contributed by atoms with Crippen molar-refractivity contribution in [1.29, 1.82) is 0 Å². The highest BCUT2D eigenvalue weighted by Gasteiger charge is 2.15. The van der Waals surface area contributed by atoms with Gasteiger partial charge < -0.3 is 19.5 Å². The molecule has 22 heavy (non-hydrogen) atoms. The molecular weight excluding hydrogens is 278 g/mol. The van der Waals surface area contributed by atoms with E-state index in [1.54, 1.807) is 0 Å². The van der Waals surface area contributed by atoms with E-state index in [0.717, 1.165) is 37.6 Å². The van der Waals surface area contributed by atoms with Crippen LogP contribution in [0.3, 0.4) is 0 Å². The molecule has 4 heteroatoms. The van der Waals surface area contributed by atoms with E-state index >= 15 is 0 Å². The van der Waals surface area contributed by atoms with Crippen molar-refractivity contribution in [2.45, 2.75) is 58.8 Å². The third-order valence-corrected chi connectivity index (χ3v) is 3.94. The Morgan fingerprint density at radius 3 is 2.86 bits per heavy atom. The summed E-state index contributed by atoms with van der Waals surface area (Å²) in [5, 5.41) is 3.46. The van der Waals surface area contributed by atoms with Crippen molar-refractivity contribution < 1.29 is 14.2 Å². The Hall–Kier alpha value is -1.26. The fourth-order valence-electron chi connectivity index (χ4n) is 2.51. The van der Waals surface area contributed by atoms with Crippen LogP contribution >= 0.6 is 0 Å². The van der Waals surface area contributed by atoms with Gasteiger partial charge in [0.25, 0.3) is 0 Å². The lowest BCUT2D eigenvalue weighted by atomic mass is 10.2. The molecule has 0 amide bonds. The number of benzene rings is 1. The summed E-state index contributed by atoms with van der Waals surface area (Å²) in [5.74, 6) is 1.67. The maximum absolute atomic E-state index is 5.92. The molecule has 1 aromatic carbocycles. The smallest absolute Gasteiger partial charge is 0.161 e. The van der Waals surface area contributed by atoms with Gasteiger partial charge in [-0.05, 0) is 50.8 Å². The van der Waals surface area contributed by atoms with E-state index < -0.39 is 0 Å². The monoisotopic (exact) mass is 307 g/mol. The molecule has 1 aliphatic heterocycles. The maximum atomic E-state index is 5.92. The lowest BCUT2D eigenvalue weighted by molar-refractivity contribution is 0.110. The molecule has 0 bridgehead atoms. The number of rotatable bonds is 9. The zero-order chi connectivity index (χ0) is 15.8. The van der Waals surface area contributed by atoms with Crippen molar-refractivity contribution in [2.75, 3.05) is 19.8 Å². The molecule has 1 saturated heterocycles. The number of hydrogen-bond donors (Lipinski definition) is 1. The SMILES string of the molecule is CCOc1cc(CNC[C@H]2CCCO2)ccc1O[C@@H](C)CC. The summed E-state index contributed by atoms with van der Waals surface area (Å²) in [5.41, 5.74) is 1.21. The quantitative estimate of drug-likeness (QED) is 0.757. The second kappa shape index (κ2) is 9.01. The van der Waals surface area contributed by atoms with Gasteiger partial charge in [-0.25, -0.2) is 0 Å². The third kappa shape index (κ3) is 5.18. The Balaban J connectivity index is 1.91. The summed E-state index contributed by atoms with van der Waals surface area (Å²) in [7, 11) is 0. The highest BCUT2D eigenvalue weighted by Crippen LogP contribution is 2.29. The topological polar surface area (TPSA) is 39.7 Å². The molecule has 0 aromatic heterocycles. The Morgan fingerprint density at radius 2 is 2.18 bits per heavy atom. The molecule has 0 saturated carbocycles. The van der Waals surface area contributed by atoms with E-state index in [2.05, 4.69) is 31.3 Å². The van der Waals surface area contributed by atoms with Crippen molar-refractivity contribution in [3.05, 3.63) is 23.8 Å². The average Bonchev–Trinajstić information content (AvgIpc) is 3.03. The van der Waals surface area contributed by atoms with E-state index in [0.29, 0.717) is 12.7 Å². The maximum Gasteiger partial charge on any atom is 0.161 e. The second-order valence-electron chi connectivity index (χ2n) is 5.82. The highest BCUT2D eigenvalue weighted by molar-refractivity contribution is 5.43. The Morgan fingerprint density at radius 1 is 1.32 bits per heavy atom. The molecule has 2 rings (SSSR count). The Bertz CT molecular complexity index is 444. The van der Waals surface area contributed by atoms with Gasteiger partial charge in [-0.15, -0.1) is 0 Å². The number of nitrogens with one attached hydrogen (secondary N) is 1. The molecule has 0 unspecified atom stereocenters. The molecule has 4 nitrogen and oxygen atoms in total. The first-order chi connectivity index (χ1) is 10.7. The van der Waals surface area contributed by atoms with Crippen LogP contribution in [0.1, 0.15) is 45.6 Å². The first-order valence-electron chi connectivity index (χ1n) is 8.47. The summed E-state index contributed by atoms with van der Waals surface area (Å²) >= 11 is 0. The highest BCUT2D eigenvalue weighted by atomic mass is 16.5. The molecule has 124 valence electrons. The van der Waals surface area contributed by atoms with Crippen molar-refractivity contribution in [1.82, 2.24) is 5.32 Å². The Kier molecular flexibility index (Phi) is 7.00. The lowest BCUT2D eigenvalue weighted by Crippen LogP contribution is -2.25. The van der Waals surface area contributed by atoms with Gasteiger partial charge in [-0.3, -0.25) is 0 Å². The van der Waals surface area contributed by atoms with Gasteiger partial charge >= 0.3 is 0 Å². The van der Waals surface area contributed by atoms with Crippen LogP contribution in [0.25, 0.3) is 0 Å². The molecule has 1 heterocycles. The molecular formula is C18H29NO3. The van der Waals surface area contributed by atoms with Crippen molar-refractivity contribution in [2.24, 2.45) is 0 Å². The van der Waals surface area contributed by atoms with Gasteiger partial charge in [0.15, 0.2) is 11.5 Å². The number of ether oxygens (including phenoxy) is 3. The zero-order valence-corrected chi connectivity index (χ0v) is 14.1. The van der Waals surface area contributed by atoms with Crippen LogP contribution in [-0.2, 0) is 11.3 Å². The molecule has 0 spiro atoms. The van der Waals surface area contributed by atoms with Crippen LogP contribution in [0.2, 0.25) is 0 Å². The van der Waals surface area contributed by atoms with Crippen molar-refractivity contribution in [3.63, 3.8) is 0 Å². The first kappa shape index (κ1) is 17.1. The van der Waals surface area contributed by atoms with Gasteiger partial charge in [0, 0.05) is 19.7 Å². The van der Waals surface area contributed by atoms with Crippen molar-refractivity contribution >= 4 is 0 Å². The average molecular weight is 307 g/mol. The van der Waals surface area contributed by atoms with Gasteiger partial charge in [-0.1, -0.05) is 13.0 Å². The molecule has 2 atom stereocenters. The van der Waals surface area contributed by atoms with Crippen LogP contribution in [-0.4, -0.2) is 32.0 Å². The molecule has 0 aliphatic carbocycles. The summed E-state index contributed by atoms with van der Waals surface area (Å²) < 4.78 is 17.3. The zero-order valence-electron chi connectivity index (χ0n) is 14.1.